The lowest BCUT2D eigenvalue weighted by Crippen LogP contribution is -2.43. The quantitative estimate of drug-likeness (QED) is 0.584. The molecule has 8 heteroatoms. The van der Waals surface area contributed by atoms with Gasteiger partial charge in [-0.1, -0.05) is 43.3 Å². The van der Waals surface area contributed by atoms with Gasteiger partial charge in [0.05, 0.1) is 17.2 Å². The number of rotatable bonds is 5. The van der Waals surface area contributed by atoms with Gasteiger partial charge in [0, 0.05) is 36.2 Å². The Morgan fingerprint density at radius 2 is 1.71 bits per heavy atom. The number of fused-ring (bicyclic) bond motifs is 2. The fraction of sp³-hybridized carbons (Fsp3) is 0.346. The van der Waals surface area contributed by atoms with E-state index >= 15 is 0 Å². The normalized spacial score (nSPS) is 17.9. The molecule has 2 unspecified atom stereocenters. The van der Waals surface area contributed by atoms with Crippen LogP contribution in [-0.2, 0) is 19.1 Å². The largest absolute Gasteiger partial charge is 0.452 e. The average molecular weight is 463 g/mol. The first-order valence-electron chi connectivity index (χ1n) is 11.4. The lowest BCUT2D eigenvalue weighted by Gasteiger charge is -2.31. The number of nitrogens with one attached hydrogen (secondary N) is 1. The van der Waals surface area contributed by atoms with E-state index in [1.54, 1.807) is 54.3 Å². The van der Waals surface area contributed by atoms with Crippen LogP contribution in [0.25, 0.3) is 0 Å². The van der Waals surface area contributed by atoms with E-state index in [-0.39, 0.29) is 46.4 Å². The number of piperidine rings is 1. The molecule has 1 saturated heterocycles. The lowest BCUT2D eigenvalue weighted by atomic mass is 9.83. The van der Waals surface area contributed by atoms with Crippen LogP contribution in [0, 0.1) is 5.92 Å². The van der Waals surface area contributed by atoms with Gasteiger partial charge in [-0.05, 0) is 25.8 Å². The fourth-order valence-corrected chi connectivity index (χ4v) is 4.43. The minimum Gasteiger partial charge on any atom is -0.452 e. The summed E-state index contributed by atoms with van der Waals surface area (Å²) in [4.78, 5) is 65.1. The Kier molecular flexibility index (Phi) is 6.58. The molecule has 0 spiro atoms. The SMILES string of the molecule is CCC(=O)N1CCCC(C(=O)OC(C)C(=O)Nc2cccc3c2C(=O)c2ccccc2C3=O)C1. The van der Waals surface area contributed by atoms with Crippen LogP contribution in [0.15, 0.2) is 42.5 Å². The molecule has 0 bridgehead atoms. The maximum Gasteiger partial charge on any atom is 0.311 e. The first kappa shape index (κ1) is 23.4. The van der Waals surface area contributed by atoms with Crippen LogP contribution >= 0.6 is 0 Å². The summed E-state index contributed by atoms with van der Waals surface area (Å²) in [5, 5.41) is 2.64. The van der Waals surface area contributed by atoms with Gasteiger partial charge in [-0.3, -0.25) is 24.0 Å². The Balaban J connectivity index is 1.46. The highest BCUT2D eigenvalue weighted by Gasteiger charge is 2.33. The molecule has 176 valence electrons. The molecule has 2 aromatic rings. The van der Waals surface area contributed by atoms with Crippen molar-refractivity contribution in [1.82, 2.24) is 4.90 Å². The van der Waals surface area contributed by atoms with E-state index in [0.29, 0.717) is 31.4 Å². The number of ketones is 2. The van der Waals surface area contributed by atoms with Crippen molar-refractivity contribution in [1.29, 1.82) is 0 Å². The minimum absolute atomic E-state index is 0.0158. The number of ether oxygens (including phenoxy) is 1. The van der Waals surface area contributed by atoms with E-state index < -0.39 is 23.9 Å². The summed E-state index contributed by atoms with van der Waals surface area (Å²) in [6, 6.07) is 11.2. The zero-order valence-corrected chi connectivity index (χ0v) is 19.1. The molecule has 1 N–H and O–H groups in total. The van der Waals surface area contributed by atoms with Crippen LogP contribution in [-0.4, -0.2) is 53.4 Å². The lowest BCUT2D eigenvalue weighted by molar-refractivity contribution is -0.159. The van der Waals surface area contributed by atoms with Crippen LogP contribution in [0.5, 0.6) is 0 Å². The Morgan fingerprint density at radius 1 is 1.03 bits per heavy atom. The van der Waals surface area contributed by atoms with Gasteiger partial charge in [-0.15, -0.1) is 0 Å². The van der Waals surface area contributed by atoms with Crippen molar-refractivity contribution in [3.63, 3.8) is 0 Å². The predicted octanol–water partition coefficient (Wildman–Crippen LogP) is 2.98. The van der Waals surface area contributed by atoms with Crippen molar-refractivity contribution in [2.45, 2.75) is 39.2 Å². The van der Waals surface area contributed by atoms with Gasteiger partial charge in [-0.2, -0.15) is 0 Å². The highest BCUT2D eigenvalue weighted by atomic mass is 16.5. The first-order valence-corrected chi connectivity index (χ1v) is 11.4. The van der Waals surface area contributed by atoms with Gasteiger partial charge in [0.1, 0.15) is 0 Å². The van der Waals surface area contributed by atoms with E-state index in [0.717, 1.165) is 0 Å². The molecular formula is C26H26N2O6. The number of nitrogens with zero attached hydrogens (tertiary/aromatic N) is 1. The molecule has 1 fully saturated rings. The number of hydrogen-bond donors (Lipinski definition) is 1. The molecule has 2 atom stereocenters. The van der Waals surface area contributed by atoms with Crippen molar-refractivity contribution in [2.24, 2.45) is 5.92 Å². The number of anilines is 1. The van der Waals surface area contributed by atoms with E-state index in [1.165, 1.54) is 6.92 Å². The number of benzene rings is 2. The van der Waals surface area contributed by atoms with Crippen LogP contribution in [0.2, 0.25) is 0 Å². The van der Waals surface area contributed by atoms with Crippen molar-refractivity contribution in [2.75, 3.05) is 18.4 Å². The van der Waals surface area contributed by atoms with Gasteiger partial charge in [0.15, 0.2) is 17.7 Å². The van der Waals surface area contributed by atoms with E-state index in [1.807, 2.05) is 0 Å². The van der Waals surface area contributed by atoms with Gasteiger partial charge in [-0.25, -0.2) is 0 Å². The summed E-state index contributed by atoms with van der Waals surface area (Å²) < 4.78 is 5.39. The maximum absolute atomic E-state index is 13.1. The molecule has 2 aromatic carbocycles. The van der Waals surface area contributed by atoms with Crippen molar-refractivity contribution < 1.29 is 28.7 Å². The molecule has 1 heterocycles. The molecular weight excluding hydrogens is 436 g/mol. The molecule has 0 aromatic heterocycles. The number of hydrogen-bond acceptors (Lipinski definition) is 6. The number of carbonyl (C=O) groups is 5. The molecule has 2 amide bonds. The monoisotopic (exact) mass is 462 g/mol. The minimum atomic E-state index is -1.12. The smallest absolute Gasteiger partial charge is 0.311 e. The number of esters is 1. The summed E-state index contributed by atoms with van der Waals surface area (Å²) >= 11 is 0. The Morgan fingerprint density at radius 3 is 2.41 bits per heavy atom. The Bertz CT molecular complexity index is 1190. The van der Waals surface area contributed by atoms with E-state index in [9.17, 15) is 24.0 Å². The summed E-state index contributed by atoms with van der Waals surface area (Å²) in [6.07, 6.45) is 0.526. The number of carbonyl (C=O) groups excluding carboxylic acids is 5. The van der Waals surface area contributed by atoms with Crippen LogP contribution in [0.3, 0.4) is 0 Å². The Hall–Kier alpha value is -3.81. The predicted molar refractivity (Wildman–Crippen MR) is 124 cm³/mol. The van der Waals surface area contributed by atoms with E-state index in [4.69, 9.17) is 4.74 Å². The third-order valence-electron chi connectivity index (χ3n) is 6.28. The summed E-state index contributed by atoms with van der Waals surface area (Å²) in [7, 11) is 0. The van der Waals surface area contributed by atoms with E-state index in [2.05, 4.69) is 5.32 Å². The highest BCUT2D eigenvalue weighted by molar-refractivity contribution is 6.30. The standard InChI is InChI=1S/C26H26N2O6/c1-3-21(29)28-13-7-8-16(14-28)26(33)34-15(2)25(32)27-20-12-6-11-19-22(20)24(31)18-10-5-4-9-17(18)23(19)30/h4-6,9-12,15-16H,3,7-8,13-14H2,1-2H3,(H,27,32). The van der Waals surface area contributed by atoms with Gasteiger partial charge < -0.3 is 15.0 Å². The summed E-state index contributed by atoms with van der Waals surface area (Å²) in [5.74, 6) is -2.29. The fourth-order valence-electron chi connectivity index (χ4n) is 4.43. The zero-order valence-electron chi connectivity index (χ0n) is 19.1. The van der Waals surface area contributed by atoms with Crippen molar-refractivity contribution >= 4 is 35.0 Å². The van der Waals surface area contributed by atoms with Crippen LogP contribution in [0.4, 0.5) is 5.69 Å². The molecule has 1 aliphatic carbocycles. The zero-order chi connectivity index (χ0) is 24.4. The maximum atomic E-state index is 13.1. The summed E-state index contributed by atoms with van der Waals surface area (Å²) in [5.41, 5.74) is 1.14. The topological polar surface area (TPSA) is 110 Å². The Labute approximate surface area is 197 Å². The second kappa shape index (κ2) is 9.59. The van der Waals surface area contributed by atoms with Crippen molar-refractivity contribution in [3.8, 4) is 0 Å². The highest BCUT2D eigenvalue weighted by Crippen LogP contribution is 2.32. The average Bonchev–Trinajstić information content (AvgIpc) is 2.86. The molecule has 0 radical (unpaired) electrons. The van der Waals surface area contributed by atoms with Crippen molar-refractivity contribution in [3.05, 3.63) is 64.7 Å². The second-order valence-corrected chi connectivity index (χ2v) is 8.53. The van der Waals surface area contributed by atoms with Crippen LogP contribution in [0.1, 0.15) is 65.0 Å². The van der Waals surface area contributed by atoms with Gasteiger partial charge in [0.2, 0.25) is 5.91 Å². The van der Waals surface area contributed by atoms with Gasteiger partial charge in [0.25, 0.3) is 5.91 Å². The molecule has 8 nitrogen and oxygen atoms in total. The molecule has 1 aliphatic heterocycles. The summed E-state index contributed by atoms with van der Waals surface area (Å²) in [6.45, 7) is 4.11. The molecule has 4 rings (SSSR count). The third kappa shape index (κ3) is 4.35. The molecule has 2 aliphatic rings. The first-order chi connectivity index (χ1) is 16.3. The van der Waals surface area contributed by atoms with Crippen LogP contribution < -0.4 is 5.32 Å². The molecule has 34 heavy (non-hydrogen) atoms. The second-order valence-electron chi connectivity index (χ2n) is 8.53. The number of amides is 2. The number of likely N-dealkylation sites (tertiary alicyclic amines) is 1. The van der Waals surface area contributed by atoms with Gasteiger partial charge >= 0.3 is 5.97 Å². The molecule has 0 saturated carbocycles. The third-order valence-corrected chi connectivity index (χ3v) is 6.28.